The average Bonchev–Trinajstić information content (AvgIpc) is 3.12. The van der Waals surface area contributed by atoms with Crippen LogP contribution in [0.1, 0.15) is 84.5 Å². The van der Waals surface area contributed by atoms with Crippen molar-refractivity contribution in [2.75, 3.05) is 36.0 Å². The molecule has 2 aliphatic carbocycles. The van der Waals surface area contributed by atoms with Gasteiger partial charge in [-0.3, -0.25) is 19.2 Å². The van der Waals surface area contributed by atoms with Gasteiger partial charge in [0.15, 0.2) is 6.16 Å². The molecule has 2 atom stereocenters. The topological polar surface area (TPSA) is 141 Å². The number of carbonyl (C=O) groups excluding carboxylic acids is 2. The average molecular weight is 570 g/mol. The van der Waals surface area contributed by atoms with Crippen LogP contribution >= 0.6 is 7.94 Å². The Balaban J connectivity index is 1.41. The molecule has 0 radical (unpaired) electrons. The first-order valence-electron chi connectivity index (χ1n) is 14.4. The van der Waals surface area contributed by atoms with Crippen LogP contribution in [0.25, 0.3) is 0 Å². The molecule has 11 nitrogen and oxygen atoms in total. The minimum absolute atomic E-state index is 0.0537. The molecule has 1 aromatic carbocycles. The molecule has 3 aliphatic rings. The van der Waals surface area contributed by atoms with E-state index in [0.29, 0.717) is 30.9 Å². The van der Waals surface area contributed by atoms with Crippen molar-refractivity contribution < 1.29 is 33.0 Å². The Kier molecular flexibility index (Phi) is 10.4. The SMILES string of the molecule is CC(OC(=O)C1CCCCC1)O[P+](O)(CCN1CCCNc2c1c(=O)c2=O)OC(C)OC(=O)C1CCCCC1. The molecule has 0 saturated heterocycles. The van der Waals surface area contributed by atoms with Gasteiger partial charge < -0.3 is 19.7 Å². The maximum atomic E-state index is 12.7. The highest BCUT2D eigenvalue weighted by Crippen LogP contribution is 2.59. The summed E-state index contributed by atoms with van der Waals surface area (Å²) in [6, 6.07) is 0. The lowest BCUT2D eigenvalue weighted by Gasteiger charge is -2.28. The summed E-state index contributed by atoms with van der Waals surface area (Å²) in [4.78, 5) is 62.9. The van der Waals surface area contributed by atoms with Gasteiger partial charge in [-0.25, -0.2) is 0 Å². The van der Waals surface area contributed by atoms with Gasteiger partial charge in [-0.05, 0) is 32.1 Å². The van der Waals surface area contributed by atoms with E-state index in [1.54, 1.807) is 4.90 Å². The third-order valence-corrected chi connectivity index (χ3v) is 9.85. The van der Waals surface area contributed by atoms with Crippen molar-refractivity contribution in [3.63, 3.8) is 0 Å². The van der Waals surface area contributed by atoms with Crippen molar-refractivity contribution in [2.45, 2.75) is 97.1 Å². The predicted molar refractivity (Wildman–Crippen MR) is 147 cm³/mol. The largest absolute Gasteiger partial charge is 0.431 e. The first-order chi connectivity index (χ1) is 18.7. The number of ether oxygens (including phenoxy) is 2. The van der Waals surface area contributed by atoms with Crippen LogP contribution in [0, 0.1) is 11.8 Å². The Morgan fingerprint density at radius 3 is 1.90 bits per heavy atom. The van der Waals surface area contributed by atoms with Gasteiger partial charge in [-0.1, -0.05) is 38.5 Å². The van der Waals surface area contributed by atoms with Crippen LogP contribution in [0.2, 0.25) is 0 Å². The molecule has 1 aliphatic heterocycles. The second-order valence-electron chi connectivity index (χ2n) is 10.9. The van der Waals surface area contributed by atoms with Crippen molar-refractivity contribution in [3.05, 3.63) is 20.4 Å². The second kappa shape index (κ2) is 13.5. The number of nitrogens with zero attached hydrogens (tertiary/aromatic N) is 1. The smallest absolute Gasteiger partial charge is 0.418 e. The predicted octanol–water partition coefficient (Wildman–Crippen LogP) is 3.63. The Morgan fingerprint density at radius 2 is 1.38 bits per heavy atom. The molecule has 2 saturated carbocycles. The summed E-state index contributed by atoms with van der Waals surface area (Å²) in [5.41, 5.74) is -0.503. The van der Waals surface area contributed by atoms with E-state index >= 15 is 0 Å². The Hall–Kier alpha value is -2.07. The fourth-order valence-corrected chi connectivity index (χ4v) is 7.51. The van der Waals surface area contributed by atoms with Gasteiger partial charge in [0, 0.05) is 26.9 Å². The minimum Gasteiger partial charge on any atom is -0.431 e. The van der Waals surface area contributed by atoms with E-state index in [9.17, 15) is 24.1 Å². The normalized spacial score (nSPS) is 22.2. The first-order valence-corrected chi connectivity index (χ1v) is 16.1. The van der Waals surface area contributed by atoms with Gasteiger partial charge in [0.25, 0.3) is 10.9 Å². The quantitative estimate of drug-likeness (QED) is 0.175. The van der Waals surface area contributed by atoms with Crippen molar-refractivity contribution in [1.29, 1.82) is 0 Å². The molecule has 2 N–H and O–H groups in total. The lowest BCUT2D eigenvalue weighted by molar-refractivity contribution is -0.174. The summed E-state index contributed by atoms with van der Waals surface area (Å²) in [5.74, 6) is -1.11. The zero-order valence-electron chi connectivity index (χ0n) is 23.0. The number of hydrogen-bond donors (Lipinski definition) is 2. The molecule has 2 fully saturated rings. The molecular weight excluding hydrogens is 527 g/mol. The number of nitrogens with one attached hydrogen (secondary N) is 1. The van der Waals surface area contributed by atoms with Crippen LogP contribution in [0.3, 0.4) is 0 Å². The molecule has 0 aromatic heterocycles. The Morgan fingerprint density at radius 1 is 0.872 bits per heavy atom. The summed E-state index contributed by atoms with van der Waals surface area (Å²) in [6.45, 7) is 4.28. The molecule has 0 spiro atoms. The molecular formula is C27H42N2O9P+. The summed E-state index contributed by atoms with van der Waals surface area (Å²) in [6.07, 6.45) is 7.63. The fraction of sp³-hybridized carbons (Fsp3) is 0.778. The van der Waals surface area contributed by atoms with Crippen molar-refractivity contribution in [2.24, 2.45) is 11.8 Å². The molecule has 2 unspecified atom stereocenters. The lowest BCUT2D eigenvalue weighted by Crippen LogP contribution is -2.42. The number of hydrogen-bond acceptors (Lipinski definition) is 11. The van der Waals surface area contributed by atoms with Gasteiger partial charge in [0.1, 0.15) is 11.4 Å². The van der Waals surface area contributed by atoms with Gasteiger partial charge in [-0.2, -0.15) is 4.89 Å². The summed E-state index contributed by atoms with van der Waals surface area (Å²) in [7, 11) is -3.75. The Bertz CT molecular complexity index is 1020. The number of fused-ring (bicyclic) bond motifs is 1. The highest BCUT2D eigenvalue weighted by molar-refractivity contribution is 7.60. The van der Waals surface area contributed by atoms with Crippen molar-refractivity contribution in [3.8, 4) is 0 Å². The number of anilines is 2. The molecule has 12 heteroatoms. The molecule has 4 rings (SSSR count). The standard InChI is InChI=1S/C27H41N2O9P/c1-18(35-26(32)20-10-5-3-6-11-20)37-39(34,38-19(2)36-27(33)21-12-7-4-8-13-21)17-16-29-15-9-14-28-22-23(29)25(31)24(22)30/h18-21,34H,3-17H2,1-2H3/p+1. The van der Waals surface area contributed by atoms with Crippen LogP contribution < -0.4 is 21.1 Å². The first kappa shape index (κ1) is 29.9. The third kappa shape index (κ3) is 7.78. The highest BCUT2D eigenvalue weighted by atomic mass is 31.2. The number of carbonyl (C=O) groups is 2. The molecule has 218 valence electrons. The Labute approximate surface area is 229 Å². The van der Waals surface area contributed by atoms with Gasteiger partial charge in [-0.15, -0.1) is 9.05 Å². The molecule has 1 heterocycles. The maximum absolute atomic E-state index is 12.7. The summed E-state index contributed by atoms with van der Waals surface area (Å²) in [5, 5.41) is 2.99. The van der Waals surface area contributed by atoms with E-state index in [0.717, 1.165) is 64.2 Å². The van der Waals surface area contributed by atoms with E-state index in [1.165, 1.54) is 13.8 Å². The maximum Gasteiger partial charge on any atom is 0.418 e. The van der Waals surface area contributed by atoms with Crippen molar-refractivity contribution in [1.82, 2.24) is 0 Å². The van der Waals surface area contributed by atoms with E-state index < -0.39 is 31.4 Å². The third-order valence-electron chi connectivity index (χ3n) is 7.83. The fourth-order valence-electron chi connectivity index (χ4n) is 5.74. The van der Waals surface area contributed by atoms with Crippen LogP contribution in [-0.4, -0.2) is 55.2 Å². The van der Waals surface area contributed by atoms with E-state index in [2.05, 4.69) is 5.32 Å². The van der Waals surface area contributed by atoms with Crippen molar-refractivity contribution >= 4 is 31.3 Å². The van der Waals surface area contributed by atoms with E-state index in [1.807, 2.05) is 0 Å². The van der Waals surface area contributed by atoms with E-state index in [-0.39, 0.29) is 36.5 Å². The number of rotatable bonds is 11. The zero-order chi connectivity index (χ0) is 28.0. The zero-order valence-corrected chi connectivity index (χ0v) is 23.9. The lowest BCUT2D eigenvalue weighted by atomic mass is 9.89. The molecule has 0 amide bonds. The summed E-state index contributed by atoms with van der Waals surface area (Å²) < 4.78 is 22.7. The van der Waals surface area contributed by atoms with Crippen LogP contribution in [0.4, 0.5) is 11.4 Å². The summed E-state index contributed by atoms with van der Waals surface area (Å²) >= 11 is 0. The number of esters is 2. The van der Waals surface area contributed by atoms with Crippen LogP contribution in [0.15, 0.2) is 9.59 Å². The minimum atomic E-state index is -3.75. The molecule has 39 heavy (non-hydrogen) atoms. The van der Waals surface area contributed by atoms with Gasteiger partial charge >= 0.3 is 19.9 Å². The van der Waals surface area contributed by atoms with Crippen LogP contribution in [0.5, 0.6) is 0 Å². The monoisotopic (exact) mass is 569 g/mol. The molecule has 1 aromatic rings. The molecule has 0 bridgehead atoms. The van der Waals surface area contributed by atoms with Crippen LogP contribution in [-0.2, 0) is 28.1 Å². The van der Waals surface area contributed by atoms with Gasteiger partial charge in [0.2, 0.25) is 12.6 Å². The second-order valence-corrected chi connectivity index (χ2v) is 13.0. The van der Waals surface area contributed by atoms with Gasteiger partial charge in [0.05, 0.1) is 18.4 Å². The van der Waals surface area contributed by atoms with E-state index in [4.69, 9.17) is 18.5 Å². The highest BCUT2D eigenvalue weighted by Gasteiger charge is 2.48.